The van der Waals surface area contributed by atoms with Crippen molar-refractivity contribution in [3.63, 3.8) is 0 Å². The van der Waals surface area contributed by atoms with Gasteiger partial charge in [0.1, 0.15) is 34.5 Å². The molecule has 0 spiro atoms. The van der Waals surface area contributed by atoms with E-state index < -0.39 is 0 Å². The number of nitrogens with two attached hydrogens (primary N) is 2. The summed E-state index contributed by atoms with van der Waals surface area (Å²) in [6.45, 7) is 0. The molecule has 1 fully saturated rings. The molecule has 0 heterocycles. The minimum absolute atomic E-state index is 0.0186. The van der Waals surface area contributed by atoms with E-state index in [4.69, 9.17) is 20.9 Å². The number of aromatic hydroxyl groups is 2. The normalized spacial score (nSPS) is 17.4. The Morgan fingerprint density at radius 2 is 0.833 bits per heavy atom. The van der Waals surface area contributed by atoms with Crippen LogP contribution in [-0.2, 0) is 0 Å². The summed E-state index contributed by atoms with van der Waals surface area (Å²) in [5, 5.41) is 19.5. The van der Waals surface area contributed by atoms with Gasteiger partial charge in [-0.25, -0.2) is 0 Å². The first-order valence-electron chi connectivity index (χ1n) is 12.2. The van der Waals surface area contributed by atoms with Crippen molar-refractivity contribution in [1.82, 2.24) is 0 Å². The summed E-state index contributed by atoms with van der Waals surface area (Å²) in [5.41, 5.74) is 14.6. The van der Waals surface area contributed by atoms with Gasteiger partial charge in [-0.05, 0) is 97.2 Å². The molecule has 0 aliphatic heterocycles. The lowest BCUT2D eigenvalue weighted by Crippen LogP contribution is -2.12. The Bertz CT molecular complexity index is 1220. The third kappa shape index (κ3) is 5.33. The van der Waals surface area contributed by atoms with Crippen LogP contribution in [0.4, 0.5) is 11.4 Å². The van der Waals surface area contributed by atoms with E-state index >= 15 is 0 Å². The zero-order chi connectivity index (χ0) is 25.1. The third-order valence-electron chi connectivity index (χ3n) is 6.91. The van der Waals surface area contributed by atoms with Crippen molar-refractivity contribution in [1.29, 1.82) is 0 Å². The minimum atomic E-state index is 0.0186. The molecule has 0 radical (unpaired) electrons. The van der Waals surface area contributed by atoms with E-state index in [9.17, 15) is 10.2 Å². The molecule has 36 heavy (non-hydrogen) atoms. The standard InChI is InChI=1S/C30H30N2O4/c31-27-15-13-25(17-29(27)33)35-23-9-5-21(6-10-23)19-1-2-20(4-3-19)22-7-11-24(12-8-22)36-26-14-16-28(32)30(34)18-26/h5-20,33-34H,1-4,31-32H2. The predicted octanol–water partition coefficient (Wildman–Crippen LogP) is 7.29. The van der Waals surface area contributed by atoms with Crippen LogP contribution < -0.4 is 20.9 Å². The largest absolute Gasteiger partial charge is 0.506 e. The van der Waals surface area contributed by atoms with Gasteiger partial charge in [0.15, 0.2) is 0 Å². The highest BCUT2D eigenvalue weighted by Gasteiger charge is 2.23. The van der Waals surface area contributed by atoms with Crippen LogP contribution in [0.1, 0.15) is 48.6 Å². The number of anilines is 2. The SMILES string of the molecule is Nc1ccc(Oc2ccc(C3CCC(c4ccc(Oc5ccc(N)c(O)c5)cc4)CC3)cc2)cc1O. The van der Waals surface area contributed by atoms with E-state index in [0.29, 0.717) is 34.7 Å². The van der Waals surface area contributed by atoms with E-state index in [1.54, 1.807) is 24.3 Å². The molecule has 6 nitrogen and oxygen atoms in total. The Morgan fingerprint density at radius 3 is 1.17 bits per heavy atom. The number of hydrogen-bond acceptors (Lipinski definition) is 6. The average Bonchev–Trinajstić information content (AvgIpc) is 2.90. The molecule has 0 amide bonds. The van der Waals surface area contributed by atoms with E-state index in [-0.39, 0.29) is 11.5 Å². The van der Waals surface area contributed by atoms with Crippen LogP contribution in [0.25, 0.3) is 0 Å². The minimum Gasteiger partial charge on any atom is -0.506 e. The fraction of sp³-hybridized carbons (Fsp3) is 0.200. The van der Waals surface area contributed by atoms with E-state index in [1.807, 2.05) is 24.3 Å². The second-order valence-electron chi connectivity index (χ2n) is 9.33. The number of phenols is 2. The van der Waals surface area contributed by atoms with Gasteiger partial charge in [-0.15, -0.1) is 0 Å². The quantitative estimate of drug-likeness (QED) is 0.170. The highest BCUT2D eigenvalue weighted by Crippen LogP contribution is 2.41. The van der Waals surface area contributed by atoms with Gasteiger partial charge >= 0.3 is 0 Å². The summed E-state index contributed by atoms with van der Waals surface area (Å²) >= 11 is 0. The summed E-state index contributed by atoms with van der Waals surface area (Å²) in [5.74, 6) is 3.68. The Labute approximate surface area is 210 Å². The zero-order valence-corrected chi connectivity index (χ0v) is 19.9. The monoisotopic (exact) mass is 482 g/mol. The van der Waals surface area contributed by atoms with E-state index in [0.717, 1.165) is 37.2 Å². The first-order chi connectivity index (χ1) is 17.4. The Balaban J connectivity index is 1.15. The smallest absolute Gasteiger partial charge is 0.142 e. The van der Waals surface area contributed by atoms with Crippen LogP contribution in [0, 0.1) is 0 Å². The molecule has 0 aromatic heterocycles. The van der Waals surface area contributed by atoms with Gasteiger partial charge < -0.3 is 31.2 Å². The number of phenolic OH excluding ortho intramolecular Hbond substituents is 2. The van der Waals surface area contributed by atoms with Crippen molar-refractivity contribution >= 4 is 11.4 Å². The lowest BCUT2D eigenvalue weighted by atomic mass is 9.76. The maximum absolute atomic E-state index is 9.76. The molecule has 5 rings (SSSR count). The first kappa shape index (κ1) is 23.4. The molecular formula is C30H30N2O4. The molecule has 0 atom stereocenters. The highest BCUT2D eigenvalue weighted by molar-refractivity contribution is 5.56. The molecule has 1 saturated carbocycles. The van der Waals surface area contributed by atoms with Gasteiger partial charge in [0.05, 0.1) is 11.4 Å². The van der Waals surface area contributed by atoms with Gasteiger partial charge in [0.25, 0.3) is 0 Å². The van der Waals surface area contributed by atoms with Crippen molar-refractivity contribution in [3.05, 3.63) is 96.1 Å². The number of benzene rings is 4. The molecule has 6 N–H and O–H groups in total. The number of ether oxygens (including phenoxy) is 2. The van der Waals surface area contributed by atoms with Crippen LogP contribution in [0.2, 0.25) is 0 Å². The van der Waals surface area contributed by atoms with Crippen LogP contribution in [0.3, 0.4) is 0 Å². The van der Waals surface area contributed by atoms with Crippen LogP contribution in [0.5, 0.6) is 34.5 Å². The van der Waals surface area contributed by atoms with E-state index in [2.05, 4.69) is 24.3 Å². The third-order valence-corrected chi connectivity index (χ3v) is 6.91. The first-order valence-corrected chi connectivity index (χ1v) is 12.2. The van der Waals surface area contributed by atoms with Crippen LogP contribution in [0.15, 0.2) is 84.9 Å². The maximum Gasteiger partial charge on any atom is 0.142 e. The molecule has 1 aliphatic carbocycles. The average molecular weight is 483 g/mol. The van der Waals surface area contributed by atoms with Gasteiger partial charge in [0, 0.05) is 12.1 Å². The summed E-state index contributed by atoms with van der Waals surface area (Å²) in [4.78, 5) is 0. The molecule has 4 aromatic carbocycles. The second-order valence-corrected chi connectivity index (χ2v) is 9.33. The van der Waals surface area contributed by atoms with Crippen LogP contribution in [-0.4, -0.2) is 10.2 Å². The Kier molecular flexibility index (Phi) is 6.58. The van der Waals surface area contributed by atoms with Gasteiger partial charge in [-0.2, -0.15) is 0 Å². The number of rotatable bonds is 6. The Morgan fingerprint density at radius 1 is 0.500 bits per heavy atom. The zero-order valence-electron chi connectivity index (χ0n) is 19.9. The number of nitrogen functional groups attached to an aromatic ring is 2. The fourth-order valence-electron chi connectivity index (χ4n) is 4.82. The van der Waals surface area contributed by atoms with Crippen LogP contribution >= 0.6 is 0 Å². The predicted molar refractivity (Wildman–Crippen MR) is 142 cm³/mol. The fourth-order valence-corrected chi connectivity index (χ4v) is 4.82. The molecule has 0 bridgehead atoms. The topological polar surface area (TPSA) is 111 Å². The van der Waals surface area contributed by atoms with Crippen molar-refractivity contribution in [3.8, 4) is 34.5 Å². The Hall–Kier alpha value is -4.32. The summed E-state index contributed by atoms with van der Waals surface area (Å²) in [6.07, 6.45) is 4.55. The lowest BCUT2D eigenvalue weighted by molar-refractivity contribution is 0.395. The van der Waals surface area contributed by atoms with Crippen molar-refractivity contribution < 1.29 is 19.7 Å². The second kappa shape index (κ2) is 10.1. The molecule has 6 heteroatoms. The summed E-state index contributed by atoms with van der Waals surface area (Å²) in [7, 11) is 0. The molecule has 184 valence electrons. The summed E-state index contributed by atoms with van der Waals surface area (Å²) < 4.78 is 11.7. The van der Waals surface area contributed by atoms with Gasteiger partial charge in [-0.3, -0.25) is 0 Å². The van der Waals surface area contributed by atoms with Crippen molar-refractivity contribution in [2.75, 3.05) is 11.5 Å². The maximum atomic E-state index is 9.76. The lowest BCUT2D eigenvalue weighted by Gasteiger charge is -2.29. The molecular weight excluding hydrogens is 452 g/mol. The van der Waals surface area contributed by atoms with Crippen molar-refractivity contribution in [2.45, 2.75) is 37.5 Å². The van der Waals surface area contributed by atoms with Gasteiger partial charge in [-0.1, -0.05) is 24.3 Å². The molecule has 4 aromatic rings. The number of hydrogen-bond donors (Lipinski definition) is 4. The highest BCUT2D eigenvalue weighted by atomic mass is 16.5. The molecule has 0 unspecified atom stereocenters. The van der Waals surface area contributed by atoms with Crippen molar-refractivity contribution in [2.24, 2.45) is 0 Å². The van der Waals surface area contributed by atoms with E-state index in [1.165, 1.54) is 23.3 Å². The van der Waals surface area contributed by atoms with Gasteiger partial charge in [0.2, 0.25) is 0 Å². The summed E-state index contributed by atoms with van der Waals surface area (Å²) in [6, 6.07) is 26.3. The molecule has 1 aliphatic rings. The molecule has 0 saturated heterocycles.